The van der Waals surface area contributed by atoms with Crippen molar-refractivity contribution in [3.63, 3.8) is 0 Å². The average molecular weight is 313 g/mol. The summed E-state index contributed by atoms with van der Waals surface area (Å²) in [4.78, 5) is 17.6. The number of methoxy groups -OCH3 is 1. The van der Waals surface area contributed by atoms with Crippen LogP contribution >= 0.6 is 11.6 Å². The molecule has 0 aliphatic carbocycles. The second-order valence-electron chi connectivity index (χ2n) is 5.12. The predicted octanol–water partition coefficient (Wildman–Crippen LogP) is 1.36. The normalized spacial score (nSPS) is 18.9. The Bertz CT molecular complexity index is 498. The van der Waals surface area contributed by atoms with E-state index in [0.717, 1.165) is 32.7 Å². The van der Waals surface area contributed by atoms with E-state index in [1.807, 2.05) is 0 Å². The summed E-state index contributed by atoms with van der Waals surface area (Å²) in [7, 11) is 1.72. The molecule has 1 aliphatic rings. The Morgan fingerprint density at radius 1 is 1.67 bits per heavy atom. The predicted molar refractivity (Wildman–Crippen MR) is 82.7 cm³/mol. The van der Waals surface area contributed by atoms with Gasteiger partial charge in [-0.2, -0.15) is 0 Å². The molecule has 21 heavy (non-hydrogen) atoms. The van der Waals surface area contributed by atoms with Crippen LogP contribution in [0.3, 0.4) is 0 Å². The number of pyridine rings is 1. The van der Waals surface area contributed by atoms with Gasteiger partial charge in [0.2, 0.25) is 5.91 Å². The lowest BCUT2D eigenvalue weighted by molar-refractivity contribution is 0.1000. The third-order valence-corrected chi connectivity index (χ3v) is 4.00. The summed E-state index contributed by atoms with van der Waals surface area (Å²) in [6, 6.07) is 1.99. The van der Waals surface area contributed by atoms with Gasteiger partial charge in [-0.25, -0.2) is 4.98 Å². The molecule has 1 aliphatic heterocycles. The van der Waals surface area contributed by atoms with Crippen LogP contribution in [0.2, 0.25) is 5.02 Å². The van der Waals surface area contributed by atoms with Gasteiger partial charge in [-0.15, -0.1) is 0 Å². The number of nitrogens with two attached hydrogens (primary N) is 1. The van der Waals surface area contributed by atoms with Gasteiger partial charge in [-0.05, 0) is 25.5 Å². The summed E-state index contributed by atoms with van der Waals surface area (Å²) in [6.07, 6.45) is 3.78. The van der Waals surface area contributed by atoms with Crippen molar-refractivity contribution < 1.29 is 9.53 Å². The molecule has 0 radical (unpaired) electrons. The van der Waals surface area contributed by atoms with Gasteiger partial charge in [-0.3, -0.25) is 9.69 Å². The zero-order valence-corrected chi connectivity index (χ0v) is 12.9. The van der Waals surface area contributed by atoms with E-state index in [2.05, 4.69) is 15.2 Å². The molecule has 1 saturated heterocycles. The molecule has 1 aromatic rings. The van der Waals surface area contributed by atoms with E-state index in [1.54, 1.807) is 7.11 Å². The summed E-state index contributed by atoms with van der Waals surface area (Å²) in [5, 5.41) is 3.66. The van der Waals surface area contributed by atoms with E-state index in [0.29, 0.717) is 22.4 Å². The maximum Gasteiger partial charge on any atom is 0.250 e. The Labute approximate surface area is 129 Å². The minimum Gasteiger partial charge on any atom is -0.383 e. The number of likely N-dealkylation sites (tertiary alicyclic amines) is 1. The number of nitrogens with one attached hydrogen (secondary N) is 1. The summed E-state index contributed by atoms with van der Waals surface area (Å²) in [6.45, 7) is 3.54. The number of hydrogen-bond donors (Lipinski definition) is 2. The number of rotatable bonds is 7. The number of halogens is 1. The van der Waals surface area contributed by atoms with Crippen molar-refractivity contribution in [3.8, 4) is 0 Å². The molecule has 116 valence electrons. The fourth-order valence-electron chi connectivity index (χ4n) is 2.55. The molecule has 7 heteroatoms. The standard InChI is InChI=1S/C14H21ClN4O2/c1-21-6-5-19-4-2-3-11(19)9-18-14-12(15)7-10(8-17-14)13(16)20/h7-8,11H,2-6,9H2,1H3,(H2,16,20)(H,17,18). The first-order chi connectivity index (χ1) is 10.1. The van der Waals surface area contributed by atoms with E-state index in [9.17, 15) is 4.79 Å². The number of anilines is 1. The highest BCUT2D eigenvalue weighted by Gasteiger charge is 2.24. The van der Waals surface area contributed by atoms with Gasteiger partial charge in [-0.1, -0.05) is 11.6 Å². The van der Waals surface area contributed by atoms with Crippen LogP contribution in [0.25, 0.3) is 0 Å². The zero-order valence-electron chi connectivity index (χ0n) is 12.1. The Morgan fingerprint density at radius 2 is 2.48 bits per heavy atom. The van der Waals surface area contributed by atoms with Crippen molar-refractivity contribution in [1.82, 2.24) is 9.88 Å². The first-order valence-corrected chi connectivity index (χ1v) is 7.42. The molecule has 0 spiro atoms. The highest BCUT2D eigenvalue weighted by atomic mass is 35.5. The molecule has 2 heterocycles. The Kier molecular flexibility index (Phi) is 5.78. The van der Waals surface area contributed by atoms with Crippen LogP contribution in [-0.2, 0) is 4.74 Å². The Morgan fingerprint density at radius 3 is 3.14 bits per heavy atom. The SMILES string of the molecule is COCCN1CCCC1CNc1ncc(C(N)=O)cc1Cl. The highest BCUT2D eigenvalue weighted by molar-refractivity contribution is 6.33. The van der Waals surface area contributed by atoms with Gasteiger partial charge in [0.25, 0.3) is 0 Å². The second-order valence-corrected chi connectivity index (χ2v) is 5.53. The van der Waals surface area contributed by atoms with Gasteiger partial charge in [0, 0.05) is 32.4 Å². The number of hydrogen-bond acceptors (Lipinski definition) is 5. The second kappa shape index (κ2) is 7.59. The molecular weight excluding hydrogens is 292 g/mol. The molecule has 1 amide bonds. The first kappa shape index (κ1) is 16.0. The molecular formula is C14H21ClN4O2. The largest absolute Gasteiger partial charge is 0.383 e. The van der Waals surface area contributed by atoms with Crippen LogP contribution in [0.1, 0.15) is 23.2 Å². The molecule has 1 aromatic heterocycles. The van der Waals surface area contributed by atoms with Crippen molar-refractivity contribution in [1.29, 1.82) is 0 Å². The van der Waals surface area contributed by atoms with Crippen molar-refractivity contribution in [2.24, 2.45) is 5.73 Å². The van der Waals surface area contributed by atoms with Crippen molar-refractivity contribution in [2.45, 2.75) is 18.9 Å². The van der Waals surface area contributed by atoms with E-state index >= 15 is 0 Å². The fourth-order valence-corrected chi connectivity index (χ4v) is 2.78. The van der Waals surface area contributed by atoms with Gasteiger partial charge >= 0.3 is 0 Å². The number of amides is 1. The molecule has 3 N–H and O–H groups in total. The fraction of sp³-hybridized carbons (Fsp3) is 0.571. The molecule has 1 unspecified atom stereocenters. The smallest absolute Gasteiger partial charge is 0.250 e. The minimum atomic E-state index is -0.530. The summed E-state index contributed by atoms with van der Waals surface area (Å²) >= 11 is 6.11. The number of carbonyl (C=O) groups excluding carboxylic acids is 1. The maximum atomic E-state index is 11.1. The molecule has 2 rings (SSSR count). The van der Waals surface area contributed by atoms with Crippen LogP contribution in [-0.4, -0.2) is 55.2 Å². The van der Waals surface area contributed by atoms with Crippen molar-refractivity contribution in [3.05, 3.63) is 22.8 Å². The number of nitrogens with zero attached hydrogens (tertiary/aromatic N) is 2. The van der Waals surface area contributed by atoms with Crippen LogP contribution in [0.15, 0.2) is 12.3 Å². The lowest BCUT2D eigenvalue weighted by Gasteiger charge is -2.24. The third-order valence-electron chi connectivity index (χ3n) is 3.71. The van der Waals surface area contributed by atoms with Gasteiger partial charge in [0.15, 0.2) is 0 Å². The summed E-state index contributed by atoms with van der Waals surface area (Å²) in [5.74, 6) is 0.0535. The lowest BCUT2D eigenvalue weighted by atomic mass is 10.2. The van der Waals surface area contributed by atoms with Crippen molar-refractivity contribution in [2.75, 3.05) is 38.7 Å². The molecule has 1 fully saturated rings. The molecule has 0 bridgehead atoms. The van der Waals surface area contributed by atoms with Crippen LogP contribution in [0.4, 0.5) is 5.82 Å². The number of carbonyl (C=O) groups is 1. The van der Waals surface area contributed by atoms with Gasteiger partial charge in [0.05, 0.1) is 17.2 Å². The monoisotopic (exact) mass is 312 g/mol. The molecule has 6 nitrogen and oxygen atoms in total. The van der Waals surface area contributed by atoms with E-state index < -0.39 is 5.91 Å². The molecule has 1 atom stereocenters. The Hall–Kier alpha value is -1.37. The molecule has 0 saturated carbocycles. The van der Waals surface area contributed by atoms with Crippen LogP contribution in [0.5, 0.6) is 0 Å². The third kappa shape index (κ3) is 4.30. The summed E-state index contributed by atoms with van der Waals surface area (Å²) < 4.78 is 5.13. The molecule has 0 aromatic carbocycles. The lowest BCUT2D eigenvalue weighted by Crippen LogP contribution is -2.37. The number of ether oxygens (including phenoxy) is 1. The number of primary amides is 1. The van der Waals surface area contributed by atoms with Crippen molar-refractivity contribution >= 4 is 23.3 Å². The quantitative estimate of drug-likeness (QED) is 0.794. The van der Waals surface area contributed by atoms with Gasteiger partial charge in [0.1, 0.15) is 5.82 Å². The van der Waals surface area contributed by atoms with E-state index in [-0.39, 0.29) is 0 Å². The topological polar surface area (TPSA) is 80.5 Å². The summed E-state index contributed by atoms with van der Waals surface area (Å²) in [5.41, 5.74) is 5.51. The highest BCUT2D eigenvalue weighted by Crippen LogP contribution is 2.22. The van der Waals surface area contributed by atoms with Crippen LogP contribution in [0, 0.1) is 0 Å². The minimum absolute atomic E-state index is 0.313. The first-order valence-electron chi connectivity index (χ1n) is 7.04. The Balaban J connectivity index is 1.91. The van der Waals surface area contributed by atoms with E-state index in [4.69, 9.17) is 22.1 Å². The van der Waals surface area contributed by atoms with Crippen LogP contribution < -0.4 is 11.1 Å². The zero-order chi connectivity index (χ0) is 15.2. The maximum absolute atomic E-state index is 11.1. The number of aromatic nitrogens is 1. The van der Waals surface area contributed by atoms with Gasteiger partial charge < -0.3 is 15.8 Å². The average Bonchev–Trinajstić information content (AvgIpc) is 2.91. The van der Waals surface area contributed by atoms with E-state index in [1.165, 1.54) is 18.7 Å².